The molecule has 3 aromatic rings. The van der Waals surface area contributed by atoms with Crippen molar-refractivity contribution in [2.45, 2.75) is 0 Å². The lowest BCUT2D eigenvalue weighted by atomic mass is 10.2. The molecule has 0 amide bonds. The third kappa shape index (κ3) is 1.65. The summed E-state index contributed by atoms with van der Waals surface area (Å²) in [6, 6.07) is 8.34. The quantitative estimate of drug-likeness (QED) is 0.643. The summed E-state index contributed by atoms with van der Waals surface area (Å²) >= 11 is 3.70. The van der Waals surface area contributed by atoms with Gasteiger partial charge in [0.25, 0.3) is 0 Å². The van der Waals surface area contributed by atoms with E-state index in [0.29, 0.717) is 0 Å². The van der Waals surface area contributed by atoms with Gasteiger partial charge < -0.3 is 0 Å². The standard InChI is InChI=1S/C10H6IN3S/c11-8-3-1-7(2-4-8)9-5-14-6-12-15-10(14)13-9/h1-6H. The molecule has 0 atom stereocenters. The van der Waals surface area contributed by atoms with E-state index in [0.717, 1.165) is 16.2 Å². The zero-order valence-corrected chi connectivity index (χ0v) is 10.6. The van der Waals surface area contributed by atoms with Gasteiger partial charge in [-0.3, -0.25) is 4.40 Å². The highest BCUT2D eigenvalue weighted by Crippen LogP contribution is 2.21. The Balaban J connectivity index is 2.13. The Kier molecular flexibility index (Phi) is 2.21. The van der Waals surface area contributed by atoms with Crippen LogP contribution in [-0.2, 0) is 0 Å². The first-order valence-electron chi connectivity index (χ1n) is 4.38. The molecule has 0 aliphatic heterocycles. The Hall–Kier alpha value is -0.950. The molecule has 0 saturated carbocycles. The minimum absolute atomic E-state index is 0.934. The van der Waals surface area contributed by atoms with Crippen LogP contribution in [0.25, 0.3) is 16.2 Å². The predicted octanol–water partition coefficient (Wildman–Crippen LogP) is 3.06. The van der Waals surface area contributed by atoms with Crippen LogP contribution in [0.1, 0.15) is 0 Å². The van der Waals surface area contributed by atoms with Crippen LogP contribution in [0.2, 0.25) is 0 Å². The zero-order chi connectivity index (χ0) is 10.3. The average molecular weight is 327 g/mol. The SMILES string of the molecule is Ic1ccc(-c2cn3cnsc3n2)cc1. The Morgan fingerprint density at radius 1 is 1.20 bits per heavy atom. The summed E-state index contributed by atoms with van der Waals surface area (Å²) in [4.78, 5) is 5.42. The van der Waals surface area contributed by atoms with Gasteiger partial charge in [0.05, 0.1) is 5.69 Å². The molecule has 0 aliphatic carbocycles. The van der Waals surface area contributed by atoms with E-state index < -0.39 is 0 Å². The van der Waals surface area contributed by atoms with E-state index in [4.69, 9.17) is 0 Å². The van der Waals surface area contributed by atoms with E-state index in [2.05, 4.69) is 56.2 Å². The summed E-state index contributed by atoms with van der Waals surface area (Å²) in [6.07, 6.45) is 3.78. The van der Waals surface area contributed by atoms with Crippen molar-refractivity contribution in [3.05, 3.63) is 40.4 Å². The molecule has 0 spiro atoms. The highest BCUT2D eigenvalue weighted by molar-refractivity contribution is 14.1. The maximum atomic E-state index is 4.49. The number of nitrogens with zero attached hydrogens (tertiary/aromatic N) is 3. The van der Waals surface area contributed by atoms with Crippen molar-refractivity contribution in [3.8, 4) is 11.3 Å². The Bertz CT molecular complexity index is 568. The zero-order valence-electron chi connectivity index (χ0n) is 7.59. The monoisotopic (exact) mass is 327 g/mol. The van der Waals surface area contributed by atoms with Crippen LogP contribution in [0, 0.1) is 3.57 Å². The third-order valence-electron chi connectivity index (χ3n) is 2.14. The maximum Gasteiger partial charge on any atom is 0.213 e. The second-order valence-corrected chi connectivity index (χ2v) is 5.14. The van der Waals surface area contributed by atoms with E-state index in [1.165, 1.54) is 15.1 Å². The van der Waals surface area contributed by atoms with Crippen LogP contribution in [-0.4, -0.2) is 13.8 Å². The van der Waals surface area contributed by atoms with Crippen molar-refractivity contribution in [1.82, 2.24) is 13.8 Å². The molecular formula is C10H6IN3S. The molecule has 15 heavy (non-hydrogen) atoms. The number of hydrogen-bond donors (Lipinski definition) is 0. The molecule has 0 N–H and O–H groups in total. The number of halogens is 1. The van der Waals surface area contributed by atoms with E-state index in [9.17, 15) is 0 Å². The molecule has 1 aromatic carbocycles. The van der Waals surface area contributed by atoms with Crippen LogP contribution < -0.4 is 0 Å². The number of imidazole rings is 1. The van der Waals surface area contributed by atoms with Gasteiger partial charge in [0.15, 0.2) is 0 Å². The van der Waals surface area contributed by atoms with Crippen LogP contribution in [0.5, 0.6) is 0 Å². The summed E-state index contributed by atoms with van der Waals surface area (Å²) < 4.78 is 7.23. The summed E-state index contributed by atoms with van der Waals surface area (Å²) in [6.45, 7) is 0. The van der Waals surface area contributed by atoms with Crippen LogP contribution in [0.3, 0.4) is 0 Å². The highest BCUT2D eigenvalue weighted by atomic mass is 127. The van der Waals surface area contributed by atoms with Crippen molar-refractivity contribution >= 4 is 39.1 Å². The number of fused-ring (bicyclic) bond motifs is 1. The number of benzene rings is 1. The van der Waals surface area contributed by atoms with Gasteiger partial charge in [-0.25, -0.2) is 4.98 Å². The van der Waals surface area contributed by atoms with Crippen molar-refractivity contribution in [2.75, 3.05) is 0 Å². The van der Waals surface area contributed by atoms with E-state index in [-0.39, 0.29) is 0 Å². The van der Waals surface area contributed by atoms with Crippen LogP contribution in [0.15, 0.2) is 36.8 Å². The second kappa shape index (κ2) is 3.57. The summed E-state index contributed by atoms with van der Waals surface area (Å²) in [5.41, 5.74) is 2.14. The molecule has 2 heterocycles. The molecule has 74 valence electrons. The predicted molar refractivity (Wildman–Crippen MR) is 69.0 cm³/mol. The Morgan fingerprint density at radius 3 is 2.73 bits per heavy atom. The van der Waals surface area contributed by atoms with Gasteiger partial charge in [0.2, 0.25) is 4.96 Å². The first-order chi connectivity index (χ1) is 7.33. The molecule has 0 unspecified atom stereocenters. The van der Waals surface area contributed by atoms with Gasteiger partial charge >= 0.3 is 0 Å². The third-order valence-corrected chi connectivity index (χ3v) is 3.53. The lowest BCUT2D eigenvalue weighted by Crippen LogP contribution is -1.77. The van der Waals surface area contributed by atoms with Crippen molar-refractivity contribution in [2.24, 2.45) is 0 Å². The average Bonchev–Trinajstić information content (AvgIpc) is 2.78. The van der Waals surface area contributed by atoms with Crippen molar-refractivity contribution in [3.63, 3.8) is 0 Å². The fraction of sp³-hybridized carbons (Fsp3) is 0. The van der Waals surface area contributed by atoms with Crippen LogP contribution in [0.4, 0.5) is 0 Å². The minimum Gasteiger partial charge on any atom is -0.279 e. The fourth-order valence-corrected chi connectivity index (χ4v) is 2.34. The van der Waals surface area contributed by atoms with Gasteiger partial charge in [-0.1, -0.05) is 12.1 Å². The molecule has 2 aromatic heterocycles. The molecule has 0 saturated heterocycles. The second-order valence-electron chi connectivity index (χ2n) is 3.14. The lowest BCUT2D eigenvalue weighted by Gasteiger charge is -1.95. The summed E-state index contributed by atoms with van der Waals surface area (Å²) in [7, 11) is 0. The molecule has 3 nitrogen and oxygen atoms in total. The topological polar surface area (TPSA) is 30.2 Å². The Labute approximate surface area is 104 Å². The van der Waals surface area contributed by atoms with E-state index >= 15 is 0 Å². The van der Waals surface area contributed by atoms with Crippen LogP contribution >= 0.6 is 34.1 Å². The first-order valence-corrected chi connectivity index (χ1v) is 6.23. The van der Waals surface area contributed by atoms with Gasteiger partial charge in [-0.15, -0.1) is 0 Å². The number of rotatable bonds is 1. The molecular weight excluding hydrogens is 321 g/mol. The smallest absolute Gasteiger partial charge is 0.213 e. The van der Waals surface area contributed by atoms with Gasteiger partial charge in [0, 0.05) is 26.9 Å². The van der Waals surface area contributed by atoms with Crippen molar-refractivity contribution in [1.29, 1.82) is 0 Å². The summed E-state index contributed by atoms with van der Waals surface area (Å²) in [5.74, 6) is 0. The normalized spacial score (nSPS) is 11.0. The fourth-order valence-electron chi connectivity index (χ4n) is 1.41. The van der Waals surface area contributed by atoms with E-state index in [1.807, 2.05) is 10.6 Å². The van der Waals surface area contributed by atoms with Gasteiger partial charge in [-0.2, -0.15) is 4.37 Å². The lowest BCUT2D eigenvalue weighted by molar-refractivity contribution is 1.18. The first kappa shape index (κ1) is 9.29. The molecule has 3 rings (SSSR count). The highest BCUT2D eigenvalue weighted by Gasteiger charge is 2.04. The van der Waals surface area contributed by atoms with Gasteiger partial charge in [-0.05, 0) is 34.7 Å². The Morgan fingerprint density at radius 2 is 2.00 bits per heavy atom. The van der Waals surface area contributed by atoms with E-state index in [1.54, 1.807) is 6.33 Å². The number of aromatic nitrogens is 3. The molecule has 0 aliphatic rings. The molecule has 0 fully saturated rings. The maximum absolute atomic E-state index is 4.49. The summed E-state index contributed by atoms with van der Waals surface area (Å²) in [5, 5.41) is 0. The number of hydrogen-bond acceptors (Lipinski definition) is 3. The molecule has 0 bridgehead atoms. The van der Waals surface area contributed by atoms with Gasteiger partial charge in [0.1, 0.15) is 6.33 Å². The minimum atomic E-state index is 0.934. The van der Waals surface area contributed by atoms with Crippen molar-refractivity contribution < 1.29 is 0 Å². The molecule has 0 radical (unpaired) electrons. The molecule has 5 heteroatoms. The largest absolute Gasteiger partial charge is 0.279 e.